The lowest BCUT2D eigenvalue weighted by atomic mass is 10.4. The van der Waals surface area contributed by atoms with E-state index in [4.69, 9.17) is 0 Å². The minimum Gasteiger partial charge on any atom is -0.464 e. The Morgan fingerprint density at radius 2 is 1.44 bits per heavy atom. The van der Waals surface area contributed by atoms with Gasteiger partial charge in [0.25, 0.3) is 11.1 Å². The van der Waals surface area contributed by atoms with Crippen LogP contribution < -0.4 is 22.5 Å². The minimum atomic E-state index is -0.782. The number of rotatable bonds is 2. The third kappa shape index (κ3) is 5.42. The fraction of sp³-hybridized carbons (Fsp3) is 0.167. The second-order valence-electron chi connectivity index (χ2n) is 4.08. The van der Waals surface area contributed by atoms with E-state index in [0.717, 1.165) is 20.3 Å². The summed E-state index contributed by atoms with van der Waals surface area (Å²) in [6, 6.07) is 0.952. The smallest absolute Gasteiger partial charge is 0.356 e. The molecule has 0 fully saturated rings. The monoisotopic (exact) mass is 418 g/mol. The molecule has 2 rings (SSSR count). The molecule has 0 aliphatic carbocycles. The second kappa shape index (κ2) is 8.58. The average molecular weight is 419 g/mol. The summed E-state index contributed by atoms with van der Waals surface area (Å²) >= 11 is 2.84. The lowest BCUT2D eigenvalue weighted by Gasteiger charge is -1.99. The van der Waals surface area contributed by atoms with Crippen LogP contribution in [0.3, 0.4) is 0 Å². The highest BCUT2D eigenvalue weighted by atomic mass is 79.9. The molecule has 0 spiro atoms. The van der Waals surface area contributed by atoms with Crippen LogP contribution in [0, 0.1) is 0 Å². The van der Waals surface area contributed by atoms with Gasteiger partial charge in [0.1, 0.15) is 15.9 Å². The van der Waals surface area contributed by atoms with Crippen LogP contribution in [-0.2, 0) is 9.47 Å². The van der Waals surface area contributed by atoms with Gasteiger partial charge in [0, 0.05) is 6.07 Å². The van der Waals surface area contributed by atoms with Crippen LogP contribution in [0.2, 0.25) is 0 Å². The molecule has 2 aromatic rings. The van der Waals surface area contributed by atoms with Crippen molar-refractivity contribution >= 4 is 27.9 Å². The highest BCUT2D eigenvalue weighted by molar-refractivity contribution is 9.10. The molecule has 0 aliphatic heterocycles. The van der Waals surface area contributed by atoms with Crippen LogP contribution in [0.15, 0.2) is 29.7 Å². The number of carbonyl (C=O) groups is 2. The van der Waals surface area contributed by atoms with Crippen LogP contribution in [0.4, 0.5) is 0 Å². The fourth-order valence-electron chi connectivity index (χ4n) is 1.40. The zero-order valence-corrected chi connectivity index (χ0v) is 14.3. The third-order valence-corrected chi connectivity index (χ3v) is 3.20. The first-order valence-corrected chi connectivity index (χ1v) is 7.01. The molecule has 0 amide bonds. The summed E-state index contributed by atoms with van der Waals surface area (Å²) in [7, 11) is 2.30. The maximum absolute atomic E-state index is 11.0. The largest absolute Gasteiger partial charge is 0.464 e. The Balaban J connectivity index is 0.000000251. The Morgan fingerprint density at radius 3 is 1.96 bits per heavy atom. The molecule has 0 saturated heterocycles. The molecule has 0 aliphatic rings. The second-order valence-corrected chi connectivity index (χ2v) is 4.87. The molecule has 0 atom stereocenters. The predicted molar refractivity (Wildman–Crippen MR) is 85.7 cm³/mol. The molecule has 0 saturated carbocycles. The summed E-state index contributed by atoms with van der Waals surface area (Å²) < 4.78 is 8.56. The van der Waals surface area contributed by atoms with Crippen molar-refractivity contribution in [3.05, 3.63) is 63.6 Å². The number of hydrogen-bond acceptors (Lipinski definition) is 8. The Kier molecular flexibility index (Phi) is 6.81. The lowest BCUT2D eigenvalue weighted by molar-refractivity contribution is 0.0584. The van der Waals surface area contributed by atoms with Crippen LogP contribution >= 0.6 is 15.9 Å². The van der Waals surface area contributed by atoms with E-state index in [1.165, 1.54) is 0 Å². The van der Waals surface area contributed by atoms with E-state index in [9.17, 15) is 28.8 Å². The van der Waals surface area contributed by atoms with E-state index < -0.39 is 34.4 Å². The van der Waals surface area contributed by atoms with E-state index in [1.54, 1.807) is 0 Å². The summed E-state index contributed by atoms with van der Waals surface area (Å²) in [4.78, 5) is 72.8. The third-order valence-electron chi connectivity index (χ3n) is 2.44. The van der Waals surface area contributed by atoms with Crippen molar-refractivity contribution in [2.24, 2.45) is 0 Å². The first-order valence-electron chi connectivity index (χ1n) is 6.22. The van der Waals surface area contributed by atoms with Crippen molar-refractivity contribution < 1.29 is 19.1 Å². The Morgan fingerprint density at radius 1 is 0.880 bits per heavy atom. The molecule has 25 heavy (non-hydrogen) atoms. The Labute approximate surface area is 145 Å². The molecule has 12 nitrogen and oxygen atoms in total. The quantitative estimate of drug-likeness (QED) is 0.422. The maximum Gasteiger partial charge on any atom is 0.356 e. The summed E-state index contributed by atoms with van der Waals surface area (Å²) in [5, 5.41) is 0. The van der Waals surface area contributed by atoms with Crippen molar-refractivity contribution in [1.29, 1.82) is 0 Å². The number of aromatic nitrogens is 4. The van der Waals surface area contributed by atoms with Crippen molar-refractivity contribution in [3.8, 4) is 0 Å². The zero-order chi connectivity index (χ0) is 19.1. The van der Waals surface area contributed by atoms with Gasteiger partial charge in [0.05, 0.1) is 14.2 Å². The number of esters is 2. The van der Waals surface area contributed by atoms with Crippen molar-refractivity contribution in [2.75, 3.05) is 14.2 Å². The maximum atomic E-state index is 11.0. The van der Waals surface area contributed by atoms with Gasteiger partial charge in [-0.1, -0.05) is 0 Å². The Hall–Kier alpha value is -3.22. The molecule has 0 radical (unpaired) electrons. The van der Waals surface area contributed by atoms with Crippen LogP contribution in [-0.4, -0.2) is 46.1 Å². The first kappa shape index (κ1) is 19.8. The van der Waals surface area contributed by atoms with Gasteiger partial charge in [-0.15, -0.1) is 0 Å². The number of H-pyrrole nitrogens is 4. The standard InChI is InChI=1S/C6H5BrN2O4.C6H6N2O4/c1-13-5(11)3-2(7)4(10)9-6(12)8-3;1-12-5(10)3-2-4(9)8-6(11)7-3/h1H3,(H2,8,9,10,12);2H,1H3,(H2,7,8,9,11). The normalized spacial score (nSPS) is 9.56. The van der Waals surface area contributed by atoms with E-state index >= 15 is 0 Å². The summed E-state index contributed by atoms with van der Waals surface area (Å²) in [5.41, 5.74) is -3.16. The zero-order valence-electron chi connectivity index (χ0n) is 12.7. The molecule has 2 aromatic heterocycles. The van der Waals surface area contributed by atoms with Crippen molar-refractivity contribution in [3.63, 3.8) is 0 Å². The van der Waals surface area contributed by atoms with Crippen LogP contribution in [0.25, 0.3) is 0 Å². The van der Waals surface area contributed by atoms with Crippen LogP contribution in [0.1, 0.15) is 21.0 Å². The minimum absolute atomic E-state index is 0.0565. The van der Waals surface area contributed by atoms with E-state index in [1.807, 2.05) is 9.97 Å². The van der Waals surface area contributed by atoms with Gasteiger partial charge in [-0.05, 0) is 15.9 Å². The van der Waals surface area contributed by atoms with E-state index in [2.05, 4.69) is 35.4 Å². The molecule has 4 N–H and O–H groups in total. The van der Waals surface area contributed by atoms with E-state index in [-0.39, 0.29) is 15.9 Å². The molecule has 0 aromatic carbocycles. The van der Waals surface area contributed by atoms with Gasteiger partial charge in [-0.2, -0.15) is 0 Å². The predicted octanol–water partition coefficient (Wildman–Crippen LogP) is -1.54. The van der Waals surface area contributed by atoms with Crippen LogP contribution in [0.5, 0.6) is 0 Å². The van der Waals surface area contributed by atoms with Gasteiger partial charge in [0.15, 0.2) is 0 Å². The topological polar surface area (TPSA) is 184 Å². The Bertz CT molecular complexity index is 987. The molecular weight excluding hydrogens is 408 g/mol. The number of nitrogens with one attached hydrogen (secondary N) is 4. The van der Waals surface area contributed by atoms with Gasteiger partial charge in [0.2, 0.25) is 0 Å². The summed E-state index contributed by atoms with van der Waals surface area (Å²) in [6.45, 7) is 0. The number of ether oxygens (including phenoxy) is 2. The highest BCUT2D eigenvalue weighted by Crippen LogP contribution is 2.06. The fourth-order valence-corrected chi connectivity index (χ4v) is 1.76. The summed E-state index contributed by atoms with van der Waals surface area (Å²) in [5.74, 6) is -1.53. The number of carbonyl (C=O) groups excluding carboxylic acids is 2. The van der Waals surface area contributed by atoms with Gasteiger partial charge < -0.3 is 19.4 Å². The number of methoxy groups -OCH3 is 2. The number of halogens is 1. The highest BCUT2D eigenvalue weighted by Gasteiger charge is 2.14. The molecule has 0 unspecified atom stereocenters. The lowest BCUT2D eigenvalue weighted by Crippen LogP contribution is -2.27. The molecule has 2 heterocycles. The van der Waals surface area contributed by atoms with Crippen molar-refractivity contribution in [2.45, 2.75) is 0 Å². The first-order chi connectivity index (χ1) is 11.7. The molecule has 0 bridgehead atoms. The SMILES string of the molecule is COC(=O)c1[nH]c(=O)[nH]c(=O)c1Br.COC(=O)c1cc(=O)[nH]c(=O)[nH]1. The molecule has 134 valence electrons. The van der Waals surface area contributed by atoms with Crippen molar-refractivity contribution in [1.82, 2.24) is 19.9 Å². The summed E-state index contributed by atoms with van der Waals surface area (Å²) in [6.07, 6.45) is 0. The average Bonchev–Trinajstić information content (AvgIpc) is 2.56. The van der Waals surface area contributed by atoms with Gasteiger partial charge >= 0.3 is 23.3 Å². The van der Waals surface area contributed by atoms with E-state index in [0.29, 0.717) is 0 Å². The number of hydrogen-bond donors (Lipinski definition) is 4. The molecular formula is C12H11BrN4O8. The van der Waals surface area contributed by atoms with Gasteiger partial charge in [-0.3, -0.25) is 19.6 Å². The number of aromatic amines is 4. The van der Waals surface area contributed by atoms with Gasteiger partial charge in [-0.25, -0.2) is 19.2 Å². The molecule has 13 heteroatoms.